The van der Waals surface area contributed by atoms with Gasteiger partial charge in [-0.2, -0.15) is 0 Å². The molecule has 0 bridgehead atoms. The van der Waals surface area contributed by atoms with Gasteiger partial charge in [0.25, 0.3) is 0 Å². The predicted molar refractivity (Wildman–Crippen MR) is 23.0 cm³/mol. The standard InChI is InChI=1S/K.Li.Na.Nb.Sb.Ta. The molecule has 0 aliphatic heterocycles. The van der Waals surface area contributed by atoms with Crippen LogP contribution in [0.1, 0.15) is 0 Å². The molecule has 0 atom stereocenters. The van der Waals surface area contributed by atoms with Crippen LogP contribution >= 0.6 is 0 Å². The van der Waals surface area contributed by atoms with E-state index in [2.05, 4.69) is 0 Å². The molecule has 0 aliphatic carbocycles. The van der Waals surface area contributed by atoms with Crippen LogP contribution in [0.4, 0.5) is 0 Å². The van der Waals surface area contributed by atoms with E-state index >= 15 is 0 Å². The Hall–Kier alpha value is 5.53. The van der Waals surface area contributed by atoms with Crippen molar-refractivity contribution in [2.45, 2.75) is 0 Å². The van der Waals surface area contributed by atoms with Crippen LogP contribution in [-0.4, -0.2) is 124 Å². The fourth-order valence-electron chi connectivity index (χ4n) is 0. The fraction of sp³-hybridized carbons (Fsp3) is 0. The van der Waals surface area contributed by atoms with E-state index in [0.717, 1.165) is 0 Å². The van der Waals surface area contributed by atoms with Crippen LogP contribution in [0.25, 0.3) is 0 Å². The quantitative estimate of drug-likeness (QED) is 0.382. The molecule has 0 N–H and O–H groups in total. The number of rotatable bonds is 0. The van der Waals surface area contributed by atoms with E-state index in [1.165, 1.54) is 0 Å². The number of hydrogen-bond acceptors (Lipinski definition) is 0. The molecule has 8 radical (unpaired) electrons. The van der Waals surface area contributed by atoms with Crippen molar-refractivity contribution < 1.29 is 44.8 Å². The van der Waals surface area contributed by atoms with Crippen LogP contribution in [0.2, 0.25) is 0 Å². The summed E-state index contributed by atoms with van der Waals surface area (Å²) in [4.78, 5) is 0. The third-order valence-corrected chi connectivity index (χ3v) is 0. The molecule has 0 rings (SSSR count). The molecule has 0 fully saturated rings. The molecule has 6 heteroatoms. The van der Waals surface area contributed by atoms with Crippen LogP contribution < -0.4 is 0 Å². The van der Waals surface area contributed by atoms with Crippen molar-refractivity contribution in [2.24, 2.45) is 0 Å². The molecule has 0 unspecified atom stereocenters. The zero-order valence-electron chi connectivity index (χ0n) is 4.34. The molecule has 6 heavy (non-hydrogen) atoms. The van der Waals surface area contributed by atoms with Gasteiger partial charge in [0.05, 0.1) is 0 Å². The van der Waals surface area contributed by atoms with Gasteiger partial charge in [-0.1, -0.05) is 0 Å². The summed E-state index contributed by atoms with van der Waals surface area (Å²) < 4.78 is 0. The maximum atomic E-state index is 0. The molecule has 18 valence electrons. The van der Waals surface area contributed by atoms with Crippen molar-refractivity contribution in [1.82, 2.24) is 0 Å². The molecule has 0 aromatic rings. The van der Waals surface area contributed by atoms with Gasteiger partial charge in [-0.25, -0.2) is 0 Å². The van der Waals surface area contributed by atoms with E-state index in [-0.39, 0.29) is 169 Å². The summed E-state index contributed by atoms with van der Waals surface area (Å²) >= 11 is 0. The minimum Gasteiger partial charge on any atom is 0 e. The largest absolute Gasteiger partial charge is 0 e. The van der Waals surface area contributed by atoms with Crippen LogP contribution in [0.3, 0.4) is 0 Å². The molecule has 0 nitrogen and oxygen atoms in total. The fourth-order valence-corrected chi connectivity index (χ4v) is 0. The zero-order chi connectivity index (χ0) is 0. The molecule has 0 aromatic heterocycles. The Bertz CT molecular complexity index is 15.5. The van der Waals surface area contributed by atoms with Crippen LogP contribution in [0.15, 0.2) is 0 Å². The molecule has 0 spiro atoms. The Balaban J connectivity index is 0. The van der Waals surface area contributed by atoms with Gasteiger partial charge in [0, 0.05) is 169 Å². The minimum absolute atomic E-state index is 0. The normalized spacial score (nSPS) is 0. The molecule has 0 aliphatic rings. The summed E-state index contributed by atoms with van der Waals surface area (Å²) in [6.07, 6.45) is 0. The van der Waals surface area contributed by atoms with Gasteiger partial charge in [0.2, 0.25) is 0 Å². The first-order valence-corrected chi connectivity index (χ1v) is 0. The second-order valence-corrected chi connectivity index (χ2v) is 0. The maximum absolute atomic E-state index is 0. The second kappa shape index (κ2) is 31.3. The first-order chi connectivity index (χ1) is 0. The minimum atomic E-state index is 0. The molecule has 0 saturated carbocycles. The van der Waals surface area contributed by atoms with Gasteiger partial charge in [-0.05, 0) is 0 Å². The predicted octanol–water partition coefficient (Wildman–Crippen LogP) is -1.53. The van der Waals surface area contributed by atoms with E-state index in [9.17, 15) is 0 Å². The van der Waals surface area contributed by atoms with Crippen molar-refractivity contribution in [3.63, 3.8) is 0 Å². The zero-order valence-corrected chi connectivity index (χ0v) is 17.4. The van der Waals surface area contributed by atoms with Crippen molar-refractivity contribution >= 4 is 124 Å². The maximum Gasteiger partial charge on any atom is 0 e. The Kier molecular flexibility index (Phi) is 218. The average molecular weight is 465 g/mol. The monoisotopic (exact) mass is 464 g/mol. The van der Waals surface area contributed by atoms with Crippen molar-refractivity contribution in [3.8, 4) is 0 Å². The van der Waals surface area contributed by atoms with Crippen LogP contribution in [-0.2, 0) is 44.8 Å². The summed E-state index contributed by atoms with van der Waals surface area (Å²) in [5.41, 5.74) is 0. The summed E-state index contributed by atoms with van der Waals surface area (Å²) in [6, 6.07) is 0. The van der Waals surface area contributed by atoms with Crippen LogP contribution in [0, 0.1) is 0 Å². The van der Waals surface area contributed by atoms with E-state index in [0.29, 0.717) is 0 Å². The molecular weight excluding hydrogens is 465 g/mol. The Morgan fingerprint density at radius 3 is 1.00 bits per heavy atom. The first kappa shape index (κ1) is 41.8. The van der Waals surface area contributed by atoms with Gasteiger partial charge in [0.1, 0.15) is 0 Å². The Morgan fingerprint density at radius 1 is 1.00 bits per heavy atom. The van der Waals surface area contributed by atoms with E-state index in [1.54, 1.807) is 0 Å². The summed E-state index contributed by atoms with van der Waals surface area (Å²) in [7, 11) is 0. The molecular formula is KLiNaNbSbTa. The summed E-state index contributed by atoms with van der Waals surface area (Å²) in [5, 5.41) is 0. The Labute approximate surface area is 164 Å². The smallest absolute Gasteiger partial charge is 0 e. The summed E-state index contributed by atoms with van der Waals surface area (Å²) in [5.74, 6) is 0. The molecule has 0 heterocycles. The third kappa shape index (κ3) is 22.7. The summed E-state index contributed by atoms with van der Waals surface area (Å²) in [6.45, 7) is 0. The topological polar surface area (TPSA) is 0 Å². The molecule has 0 aromatic carbocycles. The van der Waals surface area contributed by atoms with Crippen molar-refractivity contribution in [2.75, 3.05) is 0 Å². The second-order valence-electron chi connectivity index (χ2n) is 0. The van der Waals surface area contributed by atoms with Gasteiger partial charge >= 0.3 is 0 Å². The van der Waals surface area contributed by atoms with Gasteiger partial charge in [0.15, 0.2) is 0 Å². The van der Waals surface area contributed by atoms with Crippen molar-refractivity contribution in [3.05, 3.63) is 0 Å². The van der Waals surface area contributed by atoms with E-state index < -0.39 is 0 Å². The SMILES string of the molecule is [K].[Li].[Na].[Nb].[Sb].[Ta]. The van der Waals surface area contributed by atoms with Crippen molar-refractivity contribution in [1.29, 1.82) is 0 Å². The average Bonchev–Trinajstić information content (AvgIpc) is 0. The molecule has 0 saturated heterocycles. The third-order valence-electron chi connectivity index (χ3n) is 0. The van der Waals surface area contributed by atoms with Gasteiger partial charge in [-0.15, -0.1) is 0 Å². The van der Waals surface area contributed by atoms with E-state index in [1.807, 2.05) is 0 Å². The van der Waals surface area contributed by atoms with E-state index in [4.69, 9.17) is 0 Å². The molecule has 0 amide bonds. The number of hydrogen-bond donors (Lipinski definition) is 0. The van der Waals surface area contributed by atoms with Gasteiger partial charge < -0.3 is 0 Å². The van der Waals surface area contributed by atoms with Crippen LogP contribution in [0.5, 0.6) is 0 Å². The Morgan fingerprint density at radius 2 is 1.00 bits per heavy atom. The van der Waals surface area contributed by atoms with Gasteiger partial charge in [-0.3, -0.25) is 0 Å². The first-order valence-electron chi connectivity index (χ1n) is 0.